The predicted octanol–water partition coefficient (Wildman–Crippen LogP) is 3.46. The van der Waals surface area contributed by atoms with E-state index in [1.165, 1.54) is 75.8 Å². The van der Waals surface area contributed by atoms with E-state index in [9.17, 15) is 0 Å². The minimum absolute atomic E-state index is 1.09. The monoisotopic (exact) mass is 271 g/mol. The number of rotatable bonds is 4. The van der Waals surface area contributed by atoms with Crippen LogP contribution in [0.1, 0.15) is 49.7 Å². The van der Waals surface area contributed by atoms with E-state index < -0.39 is 0 Å². The standard InChI is InChI=1S/C18H27N2/c1-3-10-19(11-4-1)15-17-8-7-9-18(14-17)16-20-12-5-2-6-13-20/h7-9H,1-6,10-13,15-16H2/q-1. The third kappa shape index (κ3) is 4.07. The van der Waals surface area contributed by atoms with Crippen molar-refractivity contribution in [2.75, 3.05) is 26.2 Å². The fourth-order valence-electron chi connectivity index (χ4n) is 3.47. The van der Waals surface area contributed by atoms with Crippen LogP contribution in [0.5, 0.6) is 0 Å². The quantitative estimate of drug-likeness (QED) is 0.774. The van der Waals surface area contributed by atoms with Crippen molar-refractivity contribution < 1.29 is 0 Å². The van der Waals surface area contributed by atoms with Gasteiger partial charge in [0.15, 0.2) is 0 Å². The van der Waals surface area contributed by atoms with Crippen molar-refractivity contribution in [2.24, 2.45) is 0 Å². The maximum Gasteiger partial charge on any atom is 0.000741 e. The molecule has 1 aromatic carbocycles. The largest absolute Gasteiger partial charge is 0.301 e. The second-order valence-corrected chi connectivity index (χ2v) is 6.37. The van der Waals surface area contributed by atoms with Gasteiger partial charge < -0.3 is 9.80 Å². The predicted molar refractivity (Wildman–Crippen MR) is 83.5 cm³/mol. The molecule has 0 radical (unpaired) electrons. The van der Waals surface area contributed by atoms with Crippen LogP contribution in [0.3, 0.4) is 0 Å². The highest BCUT2D eigenvalue weighted by molar-refractivity contribution is 5.22. The summed E-state index contributed by atoms with van der Waals surface area (Å²) in [4.78, 5) is 5.17. The topological polar surface area (TPSA) is 6.48 Å². The first-order valence-electron chi connectivity index (χ1n) is 8.35. The molecule has 1 aromatic rings. The maximum atomic E-state index is 3.66. The molecule has 0 amide bonds. The van der Waals surface area contributed by atoms with Crippen LogP contribution in [0.25, 0.3) is 0 Å². The molecule has 2 saturated heterocycles. The highest BCUT2D eigenvalue weighted by Crippen LogP contribution is 2.16. The molecule has 2 heteroatoms. The van der Waals surface area contributed by atoms with Crippen molar-refractivity contribution in [3.8, 4) is 0 Å². The molecule has 0 saturated carbocycles. The van der Waals surface area contributed by atoms with Gasteiger partial charge in [-0.15, -0.1) is 11.1 Å². The fraction of sp³-hybridized carbons (Fsp3) is 0.667. The van der Waals surface area contributed by atoms with Crippen molar-refractivity contribution in [1.82, 2.24) is 9.80 Å². The first-order chi connectivity index (χ1) is 9.90. The van der Waals surface area contributed by atoms with E-state index in [2.05, 4.69) is 34.1 Å². The summed E-state index contributed by atoms with van der Waals surface area (Å²) in [6.07, 6.45) is 8.30. The summed E-state index contributed by atoms with van der Waals surface area (Å²) in [5.41, 5.74) is 2.75. The van der Waals surface area contributed by atoms with Crippen LogP contribution >= 0.6 is 0 Å². The average Bonchev–Trinajstić information content (AvgIpc) is 2.50. The first kappa shape index (κ1) is 14.1. The Balaban J connectivity index is 1.57. The van der Waals surface area contributed by atoms with Gasteiger partial charge in [-0.3, -0.25) is 0 Å². The molecular formula is C18H27N2-. The lowest BCUT2D eigenvalue weighted by molar-refractivity contribution is 0.217. The Hall–Kier alpha value is -0.860. The highest BCUT2D eigenvalue weighted by Gasteiger charge is 2.10. The minimum atomic E-state index is 1.09. The normalized spacial score (nSPS) is 22.0. The van der Waals surface area contributed by atoms with Crippen LogP contribution in [-0.2, 0) is 13.1 Å². The Kier molecular flexibility index (Phi) is 5.10. The summed E-state index contributed by atoms with van der Waals surface area (Å²) in [7, 11) is 0. The smallest absolute Gasteiger partial charge is 0.000741 e. The summed E-state index contributed by atoms with van der Waals surface area (Å²) in [6, 6.07) is 10.4. The van der Waals surface area contributed by atoms with E-state index in [4.69, 9.17) is 0 Å². The molecule has 2 heterocycles. The molecule has 0 atom stereocenters. The molecule has 0 bridgehead atoms. The number of hydrogen-bond acceptors (Lipinski definition) is 2. The number of nitrogens with zero attached hydrogens (tertiary/aromatic N) is 2. The van der Waals surface area contributed by atoms with E-state index in [1.807, 2.05) is 0 Å². The van der Waals surface area contributed by atoms with Crippen LogP contribution in [0.15, 0.2) is 18.2 Å². The molecule has 0 aromatic heterocycles. The van der Waals surface area contributed by atoms with Gasteiger partial charge in [-0.25, -0.2) is 0 Å². The molecule has 2 fully saturated rings. The second-order valence-electron chi connectivity index (χ2n) is 6.37. The summed E-state index contributed by atoms with van der Waals surface area (Å²) >= 11 is 0. The Morgan fingerprint density at radius 1 is 0.700 bits per heavy atom. The van der Waals surface area contributed by atoms with Gasteiger partial charge >= 0.3 is 0 Å². The molecule has 0 aliphatic carbocycles. The van der Waals surface area contributed by atoms with E-state index in [1.54, 1.807) is 0 Å². The Morgan fingerprint density at radius 2 is 1.15 bits per heavy atom. The summed E-state index contributed by atoms with van der Waals surface area (Å²) in [5.74, 6) is 0. The molecule has 0 N–H and O–H groups in total. The van der Waals surface area contributed by atoms with Crippen molar-refractivity contribution in [3.05, 3.63) is 35.4 Å². The molecule has 2 aliphatic heterocycles. The van der Waals surface area contributed by atoms with Gasteiger partial charge in [-0.2, -0.15) is 24.3 Å². The van der Waals surface area contributed by atoms with Crippen LogP contribution < -0.4 is 0 Å². The lowest BCUT2D eigenvalue weighted by Gasteiger charge is -2.30. The number of piperidine rings is 2. The Labute approximate surface area is 123 Å². The third-order valence-corrected chi connectivity index (χ3v) is 4.60. The Bertz CT molecular complexity index is 368. The summed E-state index contributed by atoms with van der Waals surface area (Å²) in [6.45, 7) is 7.25. The van der Waals surface area contributed by atoms with Gasteiger partial charge in [0, 0.05) is 13.1 Å². The van der Waals surface area contributed by atoms with Gasteiger partial charge in [-0.1, -0.05) is 12.8 Å². The van der Waals surface area contributed by atoms with Crippen molar-refractivity contribution >= 4 is 0 Å². The molecule has 2 aliphatic rings. The molecular weight excluding hydrogens is 244 g/mol. The lowest BCUT2D eigenvalue weighted by atomic mass is 10.1. The van der Waals surface area contributed by atoms with Gasteiger partial charge in [0.25, 0.3) is 0 Å². The number of hydrogen-bond donors (Lipinski definition) is 0. The van der Waals surface area contributed by atoms with Crippen LogP contribution in [0.2, 0.25) is 0 Å². The fourth-order valence-corrected chi connectivity index (χ4v) is 3.47. The van der Waals surface area contributed by atoms with Crippen LogP contribution in [0.4, 0.5) is 0 Å². The molecule has 3 rings (SSSR count). The van der Waals surface area contributed by atoms with Crippen LogP contribution in [-0.4, -0.2) is 36.0 Å². The van der Waals surface area contributed by atoms with Crippen molar-refractivity contribution in [2.45, 2.75) is 51.6 Å². The van der Waals surface area contributed by atoms with E-state index in [0.29, 0.717) is 0 Å². The van der Waals surface area contributed by atoms with Crippen molar-refractivity contribution in [1.29, 1.82) is 0 Å². The zero-order chi connectivity index (χ0) is 13.6. The number of benzene rings is 1. The zero-order valence-electron chi connectivity index (χ0n) is 12.6. The van der Waals surface area contributed by atoms with Crippen LogP contribution in [0, 0.1) is 6.07 Å². The van der Waals surface area contributed by atoms with Gasteiger partial charge in [0.2, 0.25) is 0 Å². The zero-order valence-corrected chi connectivity index (χ0v) is 12.6. The van der Waals surface area contributed by atoms with Gasteiger partial charge in [0.1, 0.15) is 0 Å². The van der Waals surface area contributed by atoms with E-state index >= 15 is 0 Å². The molecule has 2 nitrogen and oxygen atoms in total. The molecule has 0 unspecified atom stereocenters. The van der Waals surface area contributed by atoms with Crippen molar-refractivity contribution in [3.63, 3.8) is 0 Å². The number of likely N-dealkylation sites (tertiary alicyclic amines) is 2. The first-order valence-corrected chi connectivity index (χ1v) is 8.35. The molecule has 0 spiro atoms. The maximum absolute atomic E-state index is 3.66. The van der Waals surface area contributed by atoms with E-state index in [-0.39, 0.29) is 0 Å². The highest BCUT2D eigenvalue weighted by atomic mass is 15.1. The molecule has 110 valence electrons. The molecule has 20 heavy (non-hydrogen) atoms. The Morgan fingerprint density at radius 3 is 1.60 bits per heavy atom. The SMILES string of the molecule is [c-]1c(CN2CCCCC2)cccc1CN1CCCCC1. The summed E-state index contributed by atoms with van der Waals surface area (Å²) in [5, 5.41) is 0. The minimum Gasteiger partial charge on any atom is -0.301 e. The summed E-state index contributed by atoms with van der Waals surface area (Å²) < 4.78 is 0. The van der Waals surface area contributed by atoms with Gasteiger partial charge in [-0.05, 0) is 51.9 Å². The van der Waals surface area contributed by atoms with Gasteiger partial charge in [0.05, 0.1) is 0 Å². The third-order valence-electron chi connectivity index (χ3n) is 4.60. The lowest BCUT2D eigenvalue weighted by Crippen LogP contribution is -2.30. The second kappa shape index (κ2) is 7.24. The van der Waals surface area contributed by atoms with E-state index in [0.717, 1.165) is 13.1 Å². The average molecular weight is 271 g/mol.